The molecule has 0 spiro atoms. The first kappa shape index (κ1) is 15.7. The molecule has 23 heavy (non-hydrogen) atoms. The molecule has 3 heterocycles. The van der Waals surface area contributed by atoms with Crippen LogP contribution in [0.1, 0.15) is 28.7 Å². The lowest BCUT2D eigenvalue weighted by molar-refractivity contribution is -0.139. The van der Waals surface area contributed by atoms with Crippen LogP contribution in [-0.4, -0.2) is 45.3 Å². The van der Waals surface area contributed by atoms with Crippen molar-refractivity contribution in [3.05, 3.63) is 47.0 Å². The highest BCUT2D eigenvalue weighted by Gasteiger charge is 2.26. The number of ether oxygens (including phenoxy) is 1. The quantitative estimate of drug-likeness (QED) is 0.867. The van der Waals surface area contributed by atoms with Crippen LogP contribution in [0.25, 0.3) is 0 Å². The predicted molar refractivity (Wildman–Crippen MR) is 85.9 cm³/mol. The topological polar surface area (TPSA) is 60.2 Å². The van der Waals surface area contributed by atoms with E-state index in [1.165, 1.54) is 0 Å². The smallest absolute Gasteiger partial charge is 0.244 e. The van der Waals surface area contributed by atoms with Crippen molar-refractivity contribution in [3.63, 3.8) is 0 Å². The minimum atomic E-state index is -0.0881. The minimum Gasteiger partial charge on any atom is -0.370 e. The van der Waals surface area contributed by atoms with Gasteiger partial charge in [-0.1, -0.05) is 0 Å². The van der Waals surface area contributed by atoms with Gasteiger partial charge in [0.15, 0.2) is 0 Å². The SMILES string of the molecule is Cc1cc([C@@H]2CN(C(=O)Cn3nc(C)cc3C)CCO2)ccn1. The van der Waals surface area contributed by atoms with Crippen LogP contribution in [0.15, 0.2) is 24.4 Å². The third-order valence-electron chi connectivity index (χ3n) is 4.10. The van der Waals surface area contributed by atoms with Gasteiger partial charge in [-0.2, -0.15) is 5.10 Å². The Balaban J connectivity index is 1.68. The van der Waals surface area contributed by atoms with Crippen molar-refractivity contribution in [2.45, 2.75) is 33.4 Å². The summed E-state index contributed by atoms with van der Waals surface area (Å²) in [6.45, 7) is 7.88. The van der Waals surface area contributed by atoms with E-state index >= 15 is 0 Å². The van der Waals surface area contributed by atoms with E-state index in [9.17, 15) is 4.79 Å². The molecule has 0 aliphatic carbocycles. The van der Waals surface area contributed by atoms with Gasteiger partial charge in [-0.3, -0.25) is 14.5 Å². The van der Waals surface area contributed by atoms with E-state index in [1.807, 2.05) is 43.9 Å². The van der Waals surface area contributed by atoms with Crippen LogP contribution in [-0.2, 0) is 16.1 Å². The molecular weight excluding hydrogens is 292 g/mol. The van der Waals surface area contributed by atoms with Gasteiger partial charge in [0.1, 0.15) is 12.6 Å². The predicted octanol–water partition coefficient (Wildman–Crippen LogP) is 1.80. The number of hydrogen-bond acceptors (Lipinski definition) is 4. The number of rotatable bonds is 3. The molecule has 0 aromatic carbocycles. The fourth-order valence-corrected chi connectivity index (χ4v) is 2.91. The van der Waals surface area contributed by atoms with E-state index in [-0.39, 0.29) is 18.6 Å². The lowest BCUT2D eigenvalue weighted by Gasteiger charge is -2.33. The summed E-state index contributed by atoms with van der Waals surface area (Å²) in [6, 6.07) is 5.95. The molecule has 0 unspecified atom stereocenters. The second kappa shape index (κ2) is 6.50. The van der Waals surface area contributed by atoms with Crippen molar-refractivity contribution >= 4 is 5.91 Å². The standard InChI is InChI=1S/C17H22N4O2/c1-12-9-15(4-5-18-12)16-10-20(6-7-23-16)17(22)11-21-14(3)8-13(2)19-21/h4-5,8-9,16H,6-7,10-11H2,1-3H3/t16-/m0/s1. The summed E-state index contributed by atoms with van der Waals surface area (Å²) in [5.74, 6) is 0.0790. The molecule has 1 aliphatic heterocycles. The molecule has 2 aromatic rings. The molecule has 1 atom stereocenters. The van der Waals surface area contributed by atoms with Crippen LogP contribution in [0, 0.1) is 20.8 Å². The normalized spacial score (nSPS) is 18.2. The molecule has 122 valence electrons. The molecule has 0 N–H and O–H groups in total. The zero-order valence-corrected chi connectivity index (χ0v) is 13.8. The van der Waals surface area contributed by atoms with Gasteiger partial charge in [-0.25, -0.2) is 0 Å². The van der Waals surface area contributed by atoms with Gasteiger partial charge in [0.25, 0.3) is 0 Å². The van der Waals surface area contributed by atoms with Crippen molar-refractivity contribution in [2.24, 2.45) is 0 Å². The van der Waals surface area contributed by atoms with Gasteiger partial charge in [0.2, 0.25) is 5.91 Å². The van der Waals surface area contributed by atoms with Gasteiger partial charge in [0.05, 0.1) is 18.8 Å². The van der Waals surface area contributed by atoms with Crippen molar-refractivity contribution in [3.8, 4) is 0 Å². The first-order valence-electron chi connectivity index (χ1n) is 7.86. The van der Waals surface area contributed by atoms with Crippen LogP contribution in [0.3, 0.4) is 0 Å². The second-order valence-corrected chi connectivity index (χ2v) is 6.01. The third kappa shape index (κ3) is 3.59. The average Bonchev–Trinajstić information content (AvgIpc) is 2.85. The van der Waals surface area contributed by atoms with Crippen LogP contribution in [0.4, 0.5) is 0 Å². The molecule has 1 fully saturated rings. The minimum absolute atomic E-state index is 0.0790. The van der Waals surface area contributed by atoms with Crippen molar-refractivity contribution < 1.29 is 9.53 Å². The highest BCUT2D eigenvalue weighted by atomic mass is 16.5. The molecule has 0 radical (unpaired) electrons. The number of nitrogens with zero attached hydrogens (tertiary/aromatic N) is 4. The maximum absolute atomic E-state index is 12.6. The monoisotopic (exact) mass is 314 g/mol. The van der Waals surface area contributed by atoms with Gasteiger partial charge in [0, 0.05) is 24.1 Å². The van der Waals surface area contributed by atoms with Gasteiger partial charge in [-0.15, -0.1) is 0 Å². The molecule has 0 bridgehead atoms. The Kier molecular flexibility index (Phi) is 4.43. The summed E-state index contributed by atoms with van der Waals surface area (Å²) in [4.78, 5) is 18.6. The molecule has 1 amide bonds. The summed E-state index contributed by atoms with van der Waals surface area (Å²) in [6.07, 6.45) is 1.69. The number of aromatic nitrogens is 3. The molecule has 1 aliphatic rings. The molecule has 2 aromatic heterocycles. The van der Waals surface area contributed by atoms with Crippen LogP contribution in [0.2, 0.25) is 0 Å². The molecule has 1 saturated heterocycles. The maximum Gasteiger partial charge on any atom is 0.244 e. The summed E-state index contributed by atoms with van der Waals surface area (Å²) >= 11 is 0. The van der Waals surface area contributed by atoms with Crippen LogP contribution in [0.5, 0.6) is 0 Å². The zero-order chi connectivity index (χ0) is 16.4. The first-order chi connectivity index (χ1) is 11.0. The number of morpholine rings is 1. The lowest BCUT2D eigenvalue weighted by Crippen LogP contribution is -2.43. The van der Waals surface area contributed by atoms with Crippen molar-refractivity contribution in [1.82, 2.24) is 19.7 Å². The van der Waals surface area contributed by atoms with E-state index in [0.29, 0.717) is 19.7 Å². The Morgan fingerprint density at radius 2 is 2.13 bits per heavy atom. The number of carbonyl (C=O) groups excluding carboxylic acids is 1. The summed E-state index contributed by atoms with van der Waals surface area (Å²) in [5.41, 5.74) is 3.96. The Hall–Kier alpha value is -2.21. The fourth-order valence-electron chi connectivity index (χ4n) is 2.91. The highest BCUT2D eigenvalue weighted by Crippen LogP contribution is 2.22. The van der Waals surface area contributed by atoms with E-state index in [2.05, 4.69) is 10.1 Å². The first-order valence-corrected chi connectivity index (χ1v) is 7.86. The average molecular weight is 314 g/mol. The Labute approximate surface area is 136 Å². The summed E-state index contributed by atoms with van der Waals surface area (Å²) < 4.78 is 7.60. The van der Waals surface area contributed by atoms with Gasteiger partial charge >= 0.3 is 0 Å². The largest absolute Gasteiger partial charge is 0.370 e. The lowest BCUT2D eigenvalue weighted by atomic mass is 10.1. The molecule has 6 heteroatoms. The van der Waals surface area contributed by atoms with Crippen LogP contribution >= 0.6 is 0 Å². The molecule has 0 saturated carbocycles. The van der Waals surface area contributed by atoms with Gasteiger partial charge in [-0.05, 0) is 44.5 Å². The van der Waals surface area contributed by atoms with E-state index in [1.54, 1.807) is 10.9 Å². The van der Waals surface area contributed by atoms with Gasteiger partial charge < -0.3 is 9.64 Å². The summed E-state index contributed by atoms with van der Waals surface area (Å²) in [7, 11) is 0. The Bertz CT molecular complexity index is 710. The molecule has 3 rings (SSSR count). The van der Waals surface area contributed by atoms with Crippen molar-refractivity contribution in [1.29, 1.82) is 0 Å². The summed E-state index contributed by atoms with van der Waals surface area (Å²) in [5, 5.41) is 4.36. The number of pyridine rings is 1. The van der Waals surface area contributed by atoms with E-state index in [0.717, 1.165) is 22.6 Å². The zero-order valence-electron chi connectivity index (χ0n) is 13.8. The van der Waals surface area contributed by atoms with Crippen LogP contribution < -0.4 is 0 Å². The third-order valence-corrected chi connectivity index (χ3v) is 4.10. The number of hydrogen-bond donors (Lipinski definition) is 0. The second-order valence-electron chi connectivity index (χ2n) is 6.01. The Morgan fingerprint density at radius 1 is 1.30 bits per heavy atom. The molecule has 6 nitrogen and oxygen atoms in total. The van der Waals surface area contributed by atoms with E-state index < -0.39 is 0 Å². The highest BCUT2D eigenvalue weighted by molar-refractivity contribution is 5.76. The Morgan fingerprint density at radius 3 is 2.83 bits per heavy atom. The fraction of sp³-hybridized carbons (Fsp3) is 0.471. The van der Waals surface area contributed by atoms with E-state index in [4.69, 9.17) is 4.74 Å². The van der Waals surface area contributed by atoms with Crippen molar-refractivity contribution in [2.75, 3.05) is 19.7 Å². The maximum atomic E-state index is 12.6. The molecular formula is C17H22N4O2. The number of carbonyl (C=O) groups is 1. The number of amides is 1. The number of aryl methyl sites for hydroxylation is 3.